The number of rotatable bonds is 12. The molecule has 48 heavy (non-hydrogen) atoms. The molecule has 0 bridgehead atoms. The molecule has 0 radical (unpaired) electrons. The highest BCUT2D eigenvalue weighted by atomic mass is 19.4. The second kappa shape index (κ2) is 13.7. The number of ketones is 1. The third-order valence-electron chi connectivity index (χ3n) is 9.43. The van der Waals surface area contributed by atoms with Gasteiger partial charge < -0.3 is 9.47 Å². The summed E-state index contributed by atoms with van der Waals surface area (Å²) in [5.74, 6) is 0.230. The zero-order chi connectivity index (χ0) is 35.5. The maximum absolute atomic E-state index is 14.6. The van der Waals surface area contributed by atoms with Gasteiger partial charge in [-0.1, -0.05) is 76.2 Å². The number of hydrogen-bond acceptors (Lipinski definition) is 3. The van der Waals surface area contributed by atoms with Gasteiger partial charge in [-0.25, -0.2) is 0 Å². The van der Waals surface area contributed by atoms with E-state index in [1.807, 2.05) is 19.1 Å². The Morgan fingerprint density at radius 2 is 0.875 bits per heavy atom. The SMILES string of the molecule is CCC(C)(C)Oc1ccc(C(c2ccc(Oc3ccc(C(=O)c4ccc(C(C)(CC)CC)cc4)cc3)cc2)(C(F)(F)F)C(F)(F)F)cc1. The zero-order valence-corrected chi connectivity index (χ0v) is 27.9. The molecule has 9 heteroatoms. The fraction of sp³-hybridized carbons (Fsp3) is 0.359. The molecule has 4 aromatic rings. The molecule has 256 valence electrons. The normalized spacial score (nSPS) is 12.9. The van der Waals surface area contributed by atoms with E-state index in [1.165, 1.54) is 12.1 Å². The van der Waals surface area contributed by atoms with E-state index in [0.717, 1.165) is 66.9 Å². The van der Waals surface area contributed by atoms with Crippen LogP contribution in [0.4, 0.5) is 26.3 Å². The highest BCUT2D eigenvalue weighted by Gasteiger charge is 2.72. The predicted molar refractivity (Wildman–Crippen MR) is 175 cm³/mol. The van der Waals surface area contributed by atoms with E-state index in [1.54, 1.807) is 38.1 Å². The van der Waals surface area contributed by atoms with Crippen LogP contribution in [0.2, 0.25) is 0 Å². The van der Waals surface area contributed by atoms with Crippen LogP contribution in [0.5, 0.6) is 17.2 Å². The van der Waals surface area contributed by atoms with Gasteiger partial charge in [0.1, 0.15) is 22.8 Å². The van der Waals surface area contributed by atoms with Crippen LogP contribution < -0.4 is 9.47 Å². The average molecular weight is 671 g/mol. The number of benzene rings is 4. The van der Waals surface area contributed by atoms with Crippen molar-refractivity contribution in [3.8, 4) is 17.2 Å². The average Bonchev–Trinajstić information content (AvgIpc) is 3.05. The molecular weight excluding hydrogens is 630 g/mol. The van der Waals surface area contributed by atoms with Gasteiger partial charge in [-0.05, 0) is 104 Å². The molecule has 3 nitrogen and oxygen atoms in total. The first kappa shape index (κ1) is 36.6. The Hall–Kier alpha value is -4.27. The summed E-state index contributed by atoms with van der Waals surface area (Å²) in [6.45, 7) is 11.8. The fourth-order valence-electron chi connectivity index (χ4n) is 5.58. The quantitative estimate of drug-likeness (QED) is 0.111. The summed E-state index contributed by atoms with van der Waals surface area (Å²) in [6, 6.07) is 21.1. The molecule has 0 heterocycles. The van der Waals surface area contributed by atoms with Crippen LogP contribution in [0, 0.1) is 0 Å². The van der Waals surface area contributed by atoms with E-state index >= 15 is 0 Å². The Kier molecular flexibility index (Phi) is 10.4. The van der Waals surface area contributed by atoms with Gasteiger partial charge in [-0.3, -0.25) is 4.79 Å². The lowest BCUT2D eigenvalue weighted by Crippen LogP contribution is -2.54. The fourth-order valence-corrected chi connectivity index (χ4v) is 5.58. The Labute approximate surface area is 277 Å². The van der Waals surface area contributed by atoms with Crippen molar-refractivity contribution in [3.63, 3.8) is 0 Å². The molecule has 4 aromatic carbocycles. The van der Waals surface area contributed by atoms with Gasteiger partial charge in [-0.15, -0.1) is 0 Å². The number of halogens is 6. The molecule has 0 spiro atoms. The molecule has 0 amide bonds. The highest BCUT2D eigenvalue weighted by molar-refractivity contribution is 6.09. The first-order valence-electron chi connectivity index (χ1n) is 15.9. The van der Waals surface area contributed by atoms with Gasteiger partial charge in [0.2, 0.25) is 5.41 Å². The largest absolute Gasteiger partial charge is 0.488 e. The topological polar surface area (TPSA) is 35.5 Å². The number of carbonyl (C=O) groups is 1. The van der Waals surface area contributed by atoms with Crippen molar-refractivity contribution in [1.29, 1.82) is 0 Å². The van der Waals surface area contributed by atoms with E-state index in [4.69, 9.17) is 9.47 Å². The summed E-state index contributed by atoms with van der Waals surface area (Å²) in [5, 5.41) is 0. The van der Waals surface area contributed by atoms with Crippen LogP contribution in [0.25, 0.3) is 0 Å². The first-order valence-corrected chi connectivity index (χ1v) is 15.9. The molecule has 0 aromatic heterocycles. The summed E-state index contributed by atoms with van der Waals surface area (Å²) in [4.78, 5) is 13.1. The lowest BCUT2D eigenvalue weighted by molar-refractivity contribution is -0.288. The molecule has 0 fully saturated rings. The maximum Gasteiger partial charge on any atom is 0.411 e. The van der Waals surface area contributed by atoms with Crippen LogP contribution >= 0.6 is 0 Å². The van der Waals surface area contributed by atoms with Crippen LogP contribution in [-0.2, 0) is 10.8 Å². The molecule has 4 rings (SSSR count). The van der Waals surface area contributed by atoms with Crippen molar-refractivity contribution in [2.75, 3.05) is 0 Å². The van der Waals surface area contributed by atoms with Crippen molar-refractivity contribution in [2.24, 2.45) is 0 Å². The highest BCUT2D eigenvalue weighted by Crippen LogP contribution is 2.56. The van der Waals surface area contributed by atoms with Crippen molar-refractivity contribution in [2.45, 2.75) is 89.6 Å². The lowest BCUT2D eigenvalue weighted by atomic mass is 9.73. The van der Waals surface area contributed by atoms with Crippen LogP contribution in [0.3, 0.4) is 0 Å². The van der Waals surface area contributed by atoms with Crippen molar-refractivity contribution in [1.82, 2.24) is 0 Å². The number of alkyl halides is 6. The number of ether oxygens (including phenoxy) is 2. The molecule has 0 unspecified atom stereocenters. The Morgan fingerprint density at radius 3 is 1.25 bits per heavy atom. The second-order valence-electron chi connectivity index (χ2n) is 12.8. The zero-order valence-electron chi connectivity index (χ0n) is 27.9. The van der Waals surface area contributed by atoms with Crippen LogP contribution in [-0.4, -0.2) is 23.7 Å². The third kappa shape index (κ3) is 7.25. The van der Waals surface area contributed by atoms with Crippen LogP contribution in [0.15, 0.2) is 97.1 Å². The molecule has 0 N–H and O–H groups in total. The second-order valence-corrected chi connectivity index (χ2v) is 12.8. The van der Waals surface area contributed by atoms with E-state index in [0.29, 0.717) is 17.5 Å². The van der Waals surface area contributed by atoms with Gasteiger partial charge in [0.05, 0.1) is 0 Å². The van der Waals surface area contributed by atoms with E-state index in [2.05, 4.69) is 20.8 Å². The summed E-state index contributed by atoms with van der Waals surface area (Å²) in [7, 11) is 0. The minimum Gasteiger partial charge on any atom is -0.488 e. The Bertz CT molecular complexity index is 1650. The third-order valence-corrected chi connectivity index (χ3v) is 9.43. The van der Waals surface area contributed by atoms with Gasteiger partial charge in [0.25, 0.3) is 0 Å². The first-order chi connectivity index (χ1) is 22.4. The maximum atomic E-state index is 14.6. The summed E-state index contributed by atoms with van der Waals surface area (Å²) in [5.41, 5.74) is -4.87. The van der Waals surface area contributed by atoms with Crippen molar-refractivity contribution >= 4 is 5.78 Å². The van der Waals surface area contributed by atoms with Gasteiger partial charge in [0.15, 0.2) is 5.78 Å². The monoisotopic (exact) mass is 670 g/mol. The lowest BCUT2D eigenvalue weighted by Gasteiger charge is -2.38. The summed E-state index contributed by atoms with van der Waals surface area (Å²) >= 11 is 0. The van der Waals surface area contributed by atoms with E-state index in [9.17, 15) is 31.1 Å². The minimum absolute atomic E-state index is 0.0202. The standard InChI is InChI=1S/C39H40F6O3/c1-7-35(4,5)48-33-24-18-30(19-25-33)37(38(40,41)42,39(43,44)45)29-16-22-32(23-17-29)47-31-20-12-27(13-21-31)34(46)26-10-14-28(15-11-26)36(6,8-2)9-3/h10-25H,7-9H2,1-6H3. The predicted octanol–water partition coefficient (Wildman–Crippen LogP) is 11.8. The van der Waals surface area contributed by atoms with Gasteiger partial charge in [-0.2, -0.15) is 26.3 Å². The molecular formula is C39H40F6O3. The van der Waals surface area contributed by atoms with E-state index < -0.39 is 34.5 Å². The van der Waals surface area contributed by atoms with Gasteiger partial charge >= 0.3 is 12.4 Å². The van der Waals surface area contributed by atoms with Crippen LogP contribution in [0.1, 0.15) is 93.4 Å². The molecule has 0 aliphatic heterocycles. The molecule has 0 aliphatic rings. The molecule has 0 saturated carbocycles. The molecule has 0 aliphatic carbocycles. The summed E-state index contributed by atoms with van der Waals surface area (Å²) in [6.07, 6.45) is -8.95. The number of hydrogen-bond donors (Lipinski definition) is 0. The minimum atomic E-state index is -5.73. The molecule has 0 atom stereocenters. The summed E-state index contributed by atoms with van der Waals surface area (Å²) < 4.78 is 99.3. The Morgan fingerprint density at radius 1 is 0.521 bits per heavy atom. The Balaban J connectivity index is 1.57. The van der Waals surface area contributed by atoms with Gasteiger partial charge in [0, 0.05) is 11.1 Å². The van der Waals surface area contributed by atoms with E-state index in [-0.39, 0.29) is 28.4 Å². The molecule has 0 saturated heterocycles. The smallest absolute Gasteiger partial charge is 0.411 e. The number of carbonyl (C=O) groups excluding carboxylic acids is 1. The van der Waals surface area contributed by atoms with Crippen molar-refractivity contribution < 1.29 is 40.6 Å². The van der Waals surface area contributed by atoms with Crippen molar-refractivity contribution in [3.05, 3.63) is 125 Å².